The molecule has 4 heteroatoms. The van der Waals surface area contributed by atoms with Gasteiger partial charge in [0.2, 0.25) is 0 Å². The molecule has 14 heavy (non-hydrogen) atoms. The number of thiophene rings is 1. The van der Waals surface area contributed by atoms with Crippen LogP contribution >= 0.6 is 11.3 Å². The van der Waals surface area contributed by atoms with Crippen LogP contribution in [-0.2, 0) is 0 Å². The zero-order chi connectivity index (χ0) is 9.54. The molecule has 0 saturated heterocycles. The maximum absolute atomic E-state index is 11.9. The van der Waals surface area contributed by atoms with Crippen molar-refractivity contribution in [1.29, 1.82) is 0 Å². The lowest BCUT2D eigenvalue weighted by atomic mass is 10.4. The van der Waals surface area contributed by atoms with Gasteiger partial charge < -0.3 is 0 Å². The average molecular weight is 202 g/mol. The van der Waals surface area contributed by atoms with Gasteiger partial charge in [-0.2, -0.15) is 0 Å². The van der Waals surface area contributed by atoms with E-state index in [-0.39, 0.29) is 5.56 Å². The highest BCUT2D eigenvalue weighted by Gasteiger charge is 2.04. The summed E-state index contributed by atoms with van der Waals surface area (Å²) in [5.41, 5.74) is 0.708. The summed E-state index contributed by atoms with van der Waals surface area (Å²) >= 11 is 1.49. The number of nitrogens with zero attached hydrogens (tertiary/aromatic N) is 2. The third-order valence-electron chi connectivity index (χ3n) is 2.15. The van der Waals surface area contributed by atoms with Gasteiger partial charge in [0.05, 0.1) is 5.39 Å². The van der Waals surface area contributed by atoms with Gasteiger partial charge in [0, 0.05) is 6.20 Å². The van der Waals surface area contributed by atoms with Crippen molar-refractivity contribution in [3.63, 3.8) is 0 Å². The number of pyridine rings is 1. The van der Waals surface area contributed by atoms with E-state index in [9.17, 15) is 4.79 Å². The van der Waals surface area contributed by atoms with Gasteiger partial charge in [0.15, 0.2) is 0 Å². The number of fused-ring (bicyclic) bond motifs is 2. The minimum absolute atomic E-state index is 0.00634. The number of hydrogen-bond acceptors (Lipinski definition) is 3. The fourth-order valence-corrected chi connectivity index (χ4v) is 2.24. The van der Waals surface area contributed by atoms with E-state index in [0.717, 1.165) is 4.83 Å². The molecule has 0 aliphatic carbocycles. The van der Waals surface area contributed by atoms with Gasteiger partial charge in [-0.3, -0.25) is 9.20 Å². The summed E-state index contributed by atoms with van der Waals surface area (Å²) < 4.78 is 1.56. The van der Waals surface area contributed by atoms with Gasteiger partial charge in [-0.25, -0.2) is 4.98 Å². The number of hydrogen-bond donors (Lipinski definition) is 0. The summed E-state index contributed by atoms with van der Waals surface area (Å²) in [5, 5.41) is 2.58. The van der Waals surface area contributed by atoms with Crippen LogP contribution in [0.25, 0.3) is 15.9 Å². The van der Waals surface area contributed by atoms with Crippen molar-refractivity contribution in [3.8, 4) is 0 Å². The molecular weight excluding hydrogens is 196 g/mol. The molecule has 0 radical (unpaired) electrons. The molecule has 0 aromatic carbocycles. The van der Waals surface area contributed by atoms with Gasteiger partial charge in [-0.15, -0.1) is 11.3 Å². The highest BCUT2D eigenvalue weighted by molar-refractivity contribution is 7.16. The van der Waals surface area contributed by atoms with Crippen LogP contribution < -0.4 is 5.56 Å². The van der Waals surface area contributed by atoms with E-state index in [1.54, 1.807) is 10.6 Å². The minimum Gasteiger partial charge on any atom is -0.268 e. The van der Waals surface area contributed by atoms with Crippen LogP contribution in [0.1, 0.15) is 0 Å². The van der Waals surface area contributed by atoms with Crippen LogP contribution in [0.4, 0.5) is 0 Å². The molecule has 3 aromatic rings. The molecule has 68 valence electrons. The smallest absolute Gasteiger partial charge is 0.266 e. The summed E-state index contributed by atoms with van der Waals surface area (Å²) in [6.45, 7) is 0. The van der Waals surface area contributed by atoms with Crippen LogP contribution in [0.2, 0.25) is 0 Å². The third kappa shape index (κ3) is 0.914. The summed E-state index contributed by atoms with van der Waals surface area (Å²) in [6, 6.07) is 7.35. The average Bonchev–Trinajstić information content (AvgIpc) is 2.66. The van der Waals surface area contributed by atoms with E-state index in [2.05, 4.69) is 4.98 Å². The second-order valence-corrected chi connectivity index (χ2v) is 3.88. The lowest BCUT2D eigenvalue weighted by Crippen LogP contribution is -2.13. The lowest BCUT2D eigenvalue weighted by Gasteiger charge is -1.97. The maximum atomic E-state index is 11.9. The molecule has 3 nitrogen and oxygen atoms in total. The van der Waals surface area contributed by atoms with Gasteiger partial charge in [-0.1, -0.05) is 6.07 Å². The van der Waals surface area contributed by atoms with Crippen LogP contribution in [-0.4, -0.2) is 9.38 Å². The molecule has 3 rings (SSSR count). The number of aromatic nitrogens is 2. The van der Waals surface area contributed by atoms with E-state index in [0.29, 0.717) is 11.0 Å². The Kier molecular flexibility index (Phi) is 1.46. The van der Waals surface area contributed by atoms with Crippen molar-refractivity contribution in [2.24, 2.45) is 0 Å². The quantitative estimate of drug-likeness (QED) is 0.558. The molecular formula is C10H6N2OS. The van der Waals surface area contributed by atoms with Crippen LogP contribution in [0.5, 0.6) is 0 Å². The summed E-state index contributed by atoms with van der Waals surface area (Å²) in [7, 11) is 0. The largest absolute Gasteiger partial charge is 0.268 e. The second-order valence-electron chi connectivity index (χ2n) is 2.99. The van der Waals surface area contributed by atoms with Crippen LogP contribution in [0.15, 0.2) is 40.6 Å². The lowest BCUT2D eigenvalue weighted by molar-refractivity contribution is 1.08. The molecule has 0 unspecified atom stereocenters. The maximum Gasteiger partial charge on any atom is 0.266 e. The Balaban J connectivity index is 2.70. The van der Waals surface area contributed by atoms with Crippen molar-refractivity contribution in [2.45, 2.75) is 0 Å². The summed E-state index contributed by atoms with van der Waals surface area (Å²) in [4.78, 5) is 17.1. The monoisotopic (exact) mass is 202 g/mol. The van der Waals surface area contributed by atoms with Gasteiger partial charge >= 0.3 is 0 Å². The minimum atomic E-state index is 0.00634. The van der Waals surface area contributed by atoms with Crippen molar-refractivity contribution in [2.75, 3.05) is 0 Å². The topological polar surface area (TPSA) is 34.4 Å². The molecule has 0 spiro atoms. The number of rotatable bonds is 0. The van der Waals surface area contributed by atoms with Gasteiger partial charge in [0.1, 0.15) is 10.5 Å². The fraction of sp³-hybridized carbons (Fsp3) is 0. The molecule has 0 saturated carbocycles. The molecule has 3 heterocycles. The molecule has 0 fully saturated rings. The predicted octanol–water partition coefficient (Wildman–Crippen LogP) is 1.91. The summed E-state index contributed by atoms with van der Waals surface area (Å²) in [6.07, 6.45) is 1.74. The molecule has 3 aromatic heterocycles. The normalized spacial score (nSPS) is 11.1. The highest BCUT2D eigenvalue weighted by Crippen LogP contribution is 2.15. The molecule has 0 atom stereocenters. The summed E-state index contributed by atoms with van der Waals surface area (Å²) in [5.74, 6) is 0. The van der Waals surface area contributed by atoms with E-state index in [1.807, 2.05) is 29.6 Å². The zero-order valence-corrected chi connectivity index (χ0v) is 7.99. The SMILES string of the molecule is O=c1c2ccsc2nc2ccccn12. The molecule has 0 N–H and O–H groups in total. The zero-order valence-electron chi connectivity index (χ0n) is 7.18. The van der Waals surface area contributed by atoms with Crippen molar-refractivity contribution in [1.82, 2.24) is 9.38 Å². The van der Waals surface area contributed by atoms with Crippen LogP contribution in [0, 0.1) is 0 Å². The van der Waals surface area contributed by atoms with E-state index >= 15 is 0 Å². The Labute approximate surface area is 83.3 Å². The van der Waals surface area contributed by atoms with Crippen molar-refractivity contribution < 1.29 is 0 Å². The third-order valence-corrected chi connectivity index (χ3v) is 2.96. The van der Waals surface area contributed by atoms with E-state index < -0.39 is 0 Å². The van der Waals surface area contributed by atoms with Gasteiger partial charge in [-0.05, 0) is 23.6 Å². The first kappa shape index (κ1) is 7.70. The fourth-order valence-electron chi connectivity index (χ4n) is 1.48. The van der Waals surface area contributed by atoms with Crippen molar-refractivity contribution >= 4 is 27.2 Å². The predicted molar refractivity (Wildman–Crippen MR) is 56.8 cm³/mol. The first-order valence-electron chi connectivity index (χ1n) is 4.21. The standard InChI is InChI=1S/C10H6N2OS/c13-10-7-4-6-14-9(7)11-8-3-1-2-5-12(8)10/h1-6H. The molecule has 0 amide bonds. The van der Waals surface area contributed by atoms with Crippen LogP contribution in [0.3, 0.4) is 0 Å². The Hall–Kier alpha value is -1.68. The Morgan fingerprint density at radius 3 is 3.14 bits per heavy atom. The second kappa shape index (κ2) is 2.65. The van der Waals surface area contributed by atoms with E-state index in [4.69, 9.17) is 0 Å². The first-order valence-corrected chi connectivity index (χ1v) is 5.09. The van der Waals surface area contributed by atoms with Crippen molar-refractivity contribution in [3.05, 3.63) is 46.2 Å². The van der Waals surface area contributed by atoms with Gasteiger partial charge in [0.25, 0.3) is 5.56 Å². The molecule has 0 bridgehead atoms. The molecule has 0 aliphatic rings. The molecule has 0 aliphatic heterocycles. The Bertz CT molecular complexity index is 668. The highest BCUT2D eigenvalue weighted by atomic mass is 32.1. The Morgan fingerprint density at radius 2 is 2.21 bits per heavy atom. The first-order chi connectivity index (χ1) is 6.86. The Morgan fingerprint density at radius 1 is 1.29 bits per heavy atom. The van der Waals surface area contributed by atoms with E-state index in [1.165, 1.54) is 11.3 Å².